The van der Waals surface area contributed by atoms with Gasteiger partial charge in [-0.1, -0.05) is 23.7 Å². The SMILES string of the molecule is C[C@@H](NC1CC(c2ccc(Cl)cc2)C1)c1ccco1. The first kappa shape index (κ1) is 12.8. The average molecular weight is 276 g/mol. The largest absolute Gasteiger partial charge is 0.468 e. The van der Waals surface area contributed by atoms with E-state index in [1.807, 2.05) is 24.3 Å². The Morgan fingerprint density at radius 3 is 2.58 bits per heavy atom. The number of nitrogens with one attached hydrogen (secondary N) is 1. The van der Waals surface area contributed by atoms with Crippen LogP contribution in [0.3, 0.4) is 0 Å². The third kappa shape index (κ3) is 2.85. The van der Waals surface area contributed by atoms with Crippen LogP contribution in [-0.4, -0.2) is 6.04 Å². The van der Waals surface area contributed by atoms with Crippen LogP contribution in [0.1, 0.15) is 43.0 Å². The van der Waals surface area contributed by atoms with Gasteiger partial charge in [-0.15, -0.1) is 0 Å². The number of hydrogen-bond acceptors (Lipinski definition) is 2. The van der Waals surface area contributed by atoms with Crippen LogP contribution in [0.5, 0.6) is 0 Å². The van der Waals surface area contributed by atoms with E-state index in [1.165, 1.54) is 18.4 Å². The lowest BCUT2D eigenvalue weighted by molar-refractivity contribution is 0.258. The lowest BCUT2D eigenvalue weighted by atomic mass is 9.75. The van der Waals surface area contributed by atoms with E-state index < -0.39 is 0 Å². The summed E-state index contributed by atoms with van der Waals surface area (Å²) in [7, 11) is 0. The van der Waals surface area contributed by atoms with Gasteiger partial charge in [-0.3, -0.25) is 0 Å². The third-order valence-corrected chi connectivity index (χ3v) is 4.19. The second-order valence-corrected chi connectivity index (χ2v) is 5.76. The molecule has 0 amide bonds. The molecule has 1 aromatic heterocycles. The summed E-state index contributed by atoms with van der Waals surface area (Å²) in [5, 5.41) is 4.42. The maximum absolute atomic E-state index is 5.91. The zero-order chi connectivity index (χ0) is 13.2. The Hall–Kier alpha value is -1.25. The van der Waals surface area contributed by atoms with Gasteiger partial charge in [-0.05, 0) is 55.5 Å². The van der Waals surface area contributed by atoms with Crippen molar-refractivity contribution in [2.75, 3.05) is 0 Å². The molecule has 1 heterocycles. The zero-order valence-corrected chi connectivity index (χ0v) is 11.7. The lowest BCUT2D eigenvalue weighted by Crippen LogP contribution is -2.41. The van der Waals surface area contributed by atoms with Crippen LogP contribution < -0.4 is 5.32 Å². The van der Waals surface area contributed by atoms with Gasteiger partial charge in [0.1, 0.15) is 5.76 Å². The molecule has 1 atom stereocenters. The molecule has 2 nitrogen and oxygen atoms in total. The molecular formula is C16H18ClNO. The first-order valence-corrected chi connectivity index (χ1v) is 7.15. The van der Waals surface area contributed by atoms with Gasteiger partial charge in [0.15, 0.2) is 0 Å². The number of hydrogen-bond donors (Lipinski definition) is 1. The second-order valence-electron chi connectivity index (χ2n) is 5.32. The standard InChI is InChI=1S/C16H18ClNO/c1-11(16-3-2-8-19-16)18-15-9-13(10-15)12-4-6-14(17)7-5-12/h2-8,11,13,15,18H,9-10H2,1H3/t11-,13?,15?/m1/s1. The highest BCUT2D eigenvalue weighted by atomic mass is 35.5. The summed E-state index contributed by atoms with van der Waals surface area (Å²) in [5.41, 5.74) is 1.40. The first-order valence-electron chi connectivity index (χ1n) is 6.77. The summed E-state index contributed by atoms with van der Waals surface area (Å²) in [6.45, 7) is 2.15. The fourth-order valence-electron chi connectivity index (χ4n) is 2.73. The van der Waals surface area contributed by atoms with E-state index in [0.29, 0.717) is 12.0 Å². The summed E-state index contributed by atoms with van der Waals surface area (Å²) in [4.78, 5) is 0. The van der Waals surface area contributed by atoms with Crippen molar-refractivity contribution in [2.45, 2.75) is 37.8 Å². The molecule has 0 aliphatic heterocycles. The van der Waals surface area contributed by atoms with Crippen LogP contribution in [0, 0.1) is 0 Å². The fraction of sp³-hybridized carbons (Fsp3) is 0.375. The van der Waals surface area contributed by atoms with Gasteiger partial charge in [0, 0.05) is 11.1 Å². The quantitative estimate of drug-likeness (QED) is 0.887. The Morgan fingerprint density at radius 2 is 1.95 bits per heavy atom. The number of halogens is 1. The lowest BCUT2D eigenvalue weighted by Gasteiger charge is -2.37. The van der Waals surface area contributed by atoms with Gasteiger partial charge in [0.05, 0.1) is 12.3 Å². The molecule has 2 aromatic rings. The summed E-state index contributed by atoms with van der Waals surface area (Å²) < 4.78 is 5.41. The minimum absolute atomic E-state index is 0.283. The van der Waals surface area contributed by atoms with Crippen LogP contribution in [-0.2, 0) is 0 Å². The third-order valence-electron chi connectivity index (χ3n) is 3.94. The summed E-state index contributed by atoms with van der Waals surface area (Å²) in [6.07, 6.45) is 4.10. The van der Waals surface area contributed by atoms with E-state index in [0.717, 1.165) is 10.8 Å². The highest BCUT2D eigenvalue weighted by molar-refractivity contribution is 6.30. The van der Waals surface area contributed by atoms with Gasteiger partial charge in [-0.2, -0.15) is 0 Å². The molecular weight excluding hydrogens is 258 g/mol. The predicted molar refractivity (Wildman–Crippen MR) is 77.5 cm³/mol. The molecule has 1 aliphatic carbocycles. The summed E-state index contributed by atoms with van der Waals surface area (Å²) >= 11 is 5.91. The number of benzene rings is 1. The Morgan fingerprint density at radius 1 is 1.21 bits per heavy atom. The topological polar surface area (TPSA) is 25.2 Å². The molecule has 3 rings (SSSR count). The highest BCUT2D eigenvalue weighted by Gasteiger charge is 2.31. The van der Waals surface area contributed by atoms with Crippen molar-refractivity contribution >= 4 is 11.6 Å². The van der Waals surface area contributed by atoms with E-state index in [-0.39, 0.29) is 6.04 Å². The van der Waals surface area contributed by atoms with Crippen LogP contribution >= 0.6 is 11.6 Å². The number of furan rings is 1. The maximum atomic E-state index is 5.91. The molecule has 1 N–H and O–H groups in total. The average Bonchev–Trinajstić information content (AvgIpc) is 2.88. The molecule has 0 radical (unpaired) electrons. The summed E-state index contributed by atoms with van der Waals surface area (Å²) in [6, 6.07) is 13.1. The van der Waals surface area contributed by atoms with Crippen LogP contribution in [0.15, 0.2) is 47.1 Å². The normalized spacial score (nSPS) is 23.9. The molecule has 19 heavy (non-hydrogen) atoms. The van der Waals surface area contributed by atoms with Gasteiger partial charge < -0.3 is 9.73 Å². The van der Waals surface area contributed by atoms with Crippen LogP contribution in [0.4, 0.5) is 0 Å². The van der Waals surface area contributed by atoms with Crippen molar-refractivity contribution in [1.29, 1.82) is 0 Å². The minimum Gasteiger partial charge on any atom is -0.468 e. The van der Waals surface area contributed by atoms with E-state index in [4.69, 9.17) is 16.0 Å². The predicted octanol–water partition coefficient (Wildman–Crippen LogP) is 4.53. The first-order chi connectivity index (χ1) is 9.22. The Kier molecular flexibility index (Phi) is 3.63. The molecule has 0 bridgehead atoms. The van der Waals surface area contributed by atoms with Crippen LogP contribution in [0.25, 0.3) is 0 Å². The van der Waals surface area contributed by atoms with Crippen molar-refractivity contribution in [3.05, 3.63) is 59.0 Å². The molecule has 3 heteroatoms. The molecule has 1 aliphatic rings. The highest BCUT2D eigenvalue weighted by Crippen LogP contribution is 2.38. The van der Waals surface area contributed by atoms with E-state index >= 15 is 0 Å². The van der Waals surface area contributed by atoms with Gasteiger partial charge >= 0.3 is 0 Å². The Labute approximate surface area is 118 Å². The molecule has 100 valence electrons. The maximum Gasteiger partial charge on any atom is 0.120 e. The molecule has 0 saturated heterocycles. The Bertz CT molecular complexity index is 514. The van der Waals surface area contributed by atoms with E-state index in [1.54, 1.807) is 6.26 Å². The number of rotatable bonds is 4. The smallest absolute Gasteiger partial charge is 0.120 e. The van der Waals surface area contributed by atoms with E-state index in [2.05, 4.69) is 24.4 Å². The van der Waals surface area contributed by atoms with Gasteiger partial charge in [-0.25, -0.2) is 0 Å². The monoisotopic (exact) mass is 275 g/mol. The molecule has 1 aromatic carbocycles. The zero-order valence-electron chi connectivity index (χ0n) is 11.0. The second kappa shape index (κ2) is 5.40. The molecule has 0 spiro atoms. The van der Waals surface area contributed by atoms with Crippen molar-refractivity contribution in [1.82, 2.24) is 5.32 Å². The van der Waals surface area contributed by atoms with Crippen molar-refractivity contribution in [2.24, 2.45) is 0 Å². The minimum atomic E-state index is 0.283. The van der Waals surface area contributed by atoms with Gasteiger partial charge in [0.25, 0.3) is 0 Å². The van der Waals surface area contributed by atoms with E-state index in [9.17, 15) is 0 Å². The van der Waals surface area contributed by atoms with Crippen LogP contribution in [0.2, 0.25) is 5.02 Å². The molecule has 1 saturated carbocycles. The molecule has 1 fully saturated rings. The fourth-order valence-corrected chi connectivity index (χ4v) is 2.86. The summed E-state index contributed by atoms with van der Waals surface area (Å²) in [5.74, 6) is 1.67. The van der Waals surface area contributed by atoms with Crippen molar-refractivity contribution < 1.29 is 4.42 Å². The van der Waals surface area contributed by atoms with Crippen molar-refractivity contribution in [3.63, 3.8) is 0 Å². The molecule has 0 unspecified atom stereocenters. The Balaban J connectivity index is 1.51. The van der Waals surface area contributed by atoms with Gasteiger partial charge in [0.2, 0.25) is 0 Å². The van der Waals surface area contributed by atoms with Crippen molar-refractivity contribution in [3.8, 4) is 0 Å².